The molecule has 1 aromatic heterocycles. The number of carbonyl (C=O) groups excluding carboxylic acids is 3. The number of halogens is 3. The molecule has 132 valence electrons. The highest BCUT2D eigenvalue weighted by molar-refractivity contribution is 5.96. The maximum atomic E-state index is 12.6. The van der Waals surface area contributed by atoms with E-state index < -0.39 is 47.9 Å². The summed E-state index contributed by atoms with van der Waals surface area (Å²) in [6, 6.07) is 0.429. The van der Waals surface area contributed by atoms with Gasteiger partial charge in [-0.15, -0.1) is 0 Å². The predicted molar refractivity (Wildman–Crippen MR) is 73.9 cm³/mol. The van der Waals surface area contributed by atoms with Gasteiger partial charge in [0.05, 0.1) is 5.56 Å². The molecule has 1 unspecified atom stereocenters. The van der Waals surface area contributed by atoms with Crippen molar-refractivity contribution in [1.29, 1.82) is 0 Å². The van der Waals surface area contributed by atoms with E-state index in [1.54, 1.807) is 0 Å². The van der Waals surface area contributed by atoms with Crippen LogP contribution in [0.2, 0.25) is 0 Å². The van der Waals surface area contributed by atoms with Gasteiger partial charge >= 0.3 is 18.2 Å². The fraction of sp³-hybridized carbons (Fsp3) is 0.385. The van der Waals surface area contributed by atoms with Crippen molar-refractivity contribution in [2.75, 3.05) is 7.05 Å². The summed E-state index contributed by atoms with van der Waals surface area (Å²) >= 11 is 0. The molecular weight excluding hydrogens is 335 g/mol. The first-order valence-electron chi connectivity index (χ1n) is 6.54. The van der Waals surface area contributed by atoms with Crippen molar-refractivity contribution in [1.82, 2.24) is 15.2 Å². The average molecular weight is 349 g/mol. The minimum Gasteiger partial charge on any atom is -0.451 e. The third kappa shape index (κ3) is 5.41. The minimum absolute atomic E-state index is 0.471. The van der Waals surface area contributed by atoms with Crippen LogP contribution in [-0.4, -0.2) is 35.6 Å². The van der Waals surface area contributed by atoms with Crippen LogP contribution in [-0.2, 0) is 27.0 Å². The zero-order valence-corrected chi connectivity index (χ0v) is 12.6. The van der Waals surface area contributed by atoms with Crippen LogP contribution in [0.25, 0.3) is 0 Å². The number of nitrogens with one attached hydrogen (secondary N) is 2. The molecule has 0 radical (unpaired) electrons. The van der Waals surface area contributed by atoms with Crippen molar-refractivity contribution in [2.45, 2.75) is 25.7 Å². The number of hydrogen-bond acceptors (Lipinski definition) is 5. The van der Waals surface area contributed by atoms with E-state index in [4.69, 9.17) is 0 Å². The number of amides is 3. The first-order valence-corrected chi connectivity index (χ1v) is 6.54. The number of imide groups is 1. The molecule has 0 spiro atoms. The molecular formula is C13H14F3N3O5. The van der Waals surface area contributed by atoms with Gasteiger partial charge < -0.3 is 14.6 Å². The molecule has 0 aromatic carbocycles. The summed E-state index contributed by atoms with van der Waals surface area (Å²) in [5.74, 6) is -2.05. The number of carbonyl (C=O) groups is 3. The lowest BCUT2D eigenvalue weighted by Gasteiger charge is -2.14. The van der Waals surface area contributed by atoms with Gasteiger partial charge in [0.25, 0.3) is 11.5 Å². The van der Waals surface area contributed by atoms with E-state index in [2.05, 4.69) is 10.1 Å². The van der Waals surface area contributed by atoms with Crippen LogP contribution in [0.4, 0.5) is 18.0 Å². The normalized spacial score (nSPS) is 12.2. The second-order valence-corrected chi connectivity index (χ2v) is 4.58. The van der Waals surface area contributed by atoms with Crippen molar-refractivity contribution in [3.8, 4) is 0 Å². The quantitative estimate of drug-likeness (QED) is 0.758. The fourth-order valence-corrected chi connectivity index (χ4v) is 1.53. The van der Waals surface area contributed by atoms with Crippen LogP contribution in [0.3, 0.4) is 0 Å². The number of esters is 1. The van der Waals surface area contributed by atoms with Crippen molar-refractivity contribution >= 4 is 17.9 Å². The molecule has 1 heterocycles. The van der Waals surface area contributed by atoms with Crippen LogP contribution in [0.1, 0.15) is 12.5 Å². The van der Waals surface area contributed by atoms with E-state index in [9.17, 15) is 32.3 Å². The smallest absolute Gasteiger partial charge is 0.417 e. The number of hydrogen-bond donors (Lipinski definition) is 2. The molecule has 0 aliphatic heterocycles. The van der Waals surface area contributed by atoms with Gasteiger partial charge in [0, 0.05) is 19.3 Å². The van der Waals surface area contributed by atoms with E-state index in [-0.39, 0.29) is 0 Å². The number of ether oxygens (including phenoxy) is 1. The highest BCUT2D eigenvalue weighted by Crippen LogP contribution is 2.27. The molecule has 0 bridgehead atoms. The van der Waals surface area contributed by atoms with Crippen molar-refractivity contribution in [3.63, 3.8) is 0 Å². The molecule has 11 heteroatoms. The van der Waals surface area contributed by atoms with Crippen LogP contribution in [0, 0.1) is 0 Å². The van der Waals surface area contributed by atoms with Gasteiger partial charge in [-0.1, -0.05) is 0 Å². The van der Waals surface area contributed by atoms with Gasteiger partial charge in [-0.3, -0.25) is 19.7 Å². The number of rotatable bonds is 4. The Morgan fingerprint density at radius 1 is 1.29 bits per heavy atom. The maximum absolute atomic E-state index is 12.6. The molecule has 8 nitrogen and oxygen atoms in total. The third-order valence-electron chi connectivity index (χ3n) is 2.75. The van der Waals surface area contributed by atoms with Gasteiger partial charge in [0.2, 0.25) is 0 Å². The summed E-state index contributed by atoms with van der Waals surface area (Å²) < 4.78 is 42.9. The summed E-state index contributed by atoms with van der Waals surface area (Å²) in [5, 5.41) is 3.96. The zero-order chi connectivity index (χ0) is 18.5. The third-order valence-corrected chi connectivity index (χ3v) is 2.75. The Balaban J connectivity index is 2.76. The second kappa shape index (κ2) is 7.62. The zero-order valence-electron chi connectivity index (χ0n) is 12.6. The maximum Gasteiger partial charge on any atom is 0.417 e. The van der Waals surface area contributed by atoms with Crippen LogP contribution in [0.15, 0.2) is 23.1 Å². The summed E-state index contributed by atoms with van der Waals surface area (Å²) in [4.78, 5) is 45.6. The van der Waals surface area contributed by atoms with Gasteiger partial charge in [0.1, 0.15) is 6.54 Å². The van der Waals surface area contributed by atoms with Gasteiger partial charge in [-0.05, 0) is 13.0 Å². The Labute approximate surface area is 133 Å². The van der Waals surface area contributed by atoms with Crippen molar-refractivity contribution in [3.05, 3.63) is 34.2 Å². The number of aromatic nitrogens is 1. The highest BCUT2D eigenvalue weighted by atomic mass is 19.4. The molecule has 0 aliphatic rings. The number of pyridine rings is 1. The van der Waals surface area contributed by atoms with E-state index in [1.807, 2.05) is 5.32 Å². The van der Waals surface area contributed by atoms with Crippen molar-refractivity contribution < 1.29 is 32.3 Å². The van der Waals surface area contributed by atoms with Gasteiger partial charge in [-0.25, -0.2) is 4.79 Å². The monoisotopic (exact) mass is 349 g/mol. The summed E-state index contributed by atoms with van der Waals surface area (Å²) in [6.07, 6.45) is -5.59. The highest BCUT2D eigenvalue weighted by Gasteiger charge is 2.31. The molecule has 0 aliphatic carbocycles. The van der Waals surface area contributed by atoms with Crippen molar-refractivity contribution in [2.24, 2.45) is 0 Å². The lowest BCUT2D eigenvalue weighted by atomic mass is 10.3. The summed E-state index contributed by atoms with van der Waals surface area (Å²) in [6.45, 7) is 0.339. The number of nitrogens with zero attached hydrogens (tertiary/aromatic N) is 1. The molecule has 0 saturated heterocycles. The van der Waals surface area contributed by atoms with E-state index >= 15 is 0 Å². The summed E-state index contributed by atoms with van der Waals surface area (Å²) in [5.41, 5.74) is -1.96. The Kier molecular flexibility index (Phi) is 6.09. The minimum atomic E-state index is -4.68. The second-order valence-electron chi connectivity index (χ2n) is 4.58. The summed E-state index contributed by atoms with van der Waals surface area (Å²) in [7, 11) is 1.26. The Morgan fingerprint density at radius 3 is 2.46 bits per heavy atom. The van der Waals surface area contributed by atoms with Gasteiger partial charge in [-0.2, -0.15) is 13.2 Å². The first-order chi connectivity index (χ1) is 11.0. The van der Waals surface area contributed by atoms with E-state index in [0.717, 1.165) is 6.92 Å². The first kappa shape index (κ1) is 19.2. The van der Waals surface area contributed by atoms with E-state index in [0.29, 0.717) is 22.9 Å². The molecule has 0 saturated carbocycles. The average Bonchev–Trinajstić information content (AvgIpc) is 2.47. The molecule has 1 rings (SSSR count). The van der Waals surface area contributed by atoms with Crippen LogP contribution < -0.4 is 16.2 Å². The topological polar surface area (TPSA) is 106 Å². The van der Waals surface area contributed by atoms with Gasteiger partial charge in [0.15, 0.2) is 6.10 Å². The molecule has 3 amide bonds. The predicted octanol–water partition coefficient (Wildman–Crippen LogP) is 0.254. The SMILES string of the molecule is CNC(=O)NC(=O)C(C)OC(=O)Cn1cc(C(F)(F)F)ccc1=O. The molecule has 0 fully saturated rings. The Morgan fingerprint density at radius 2 is 1.92 bits per heavy atom. The van der Waals surface area contributed by atoms with E-state index in [1.165, 1.54) is 7.05 Å². The Bertz CT molecular complexity index is 699. The molecule has 1 atom stereocenters. The number of urea groups is 1. The fourth-order valence-electron chi connectivity index (χ4n) is 1.53. The lowest BCUT2D eigenvalue weighted by molar-refractivity contribution is -0.155. The lowest BCUT2D eigenvalue weighted by Crippen LogP contribution is -2.43. The molecule has 1 aromatic rings. The van der Waals surface area contributed by atoms with Crippen LogP contribution in [0.5, 0.6) is 0 Å². The largest absolute Gasteiger partial charge is 0.451 e. The number of alkyl halides is 3. The molecule has 2 N–H and O–H groups in total. The standard InChI is InChI=1S/C13H14F3N3O5/c1-7(11(22)18-12(23)17-2)24-10(21)6-19-5-8(13(14,15)16)3-4-9(19)20/h3-5,7H,6H2,1-2H3,(H2,17,18,22,23). The molecule has 24 heavy (non-hydrogen) atoms. The van der Waals surface area contributed by atoms with Crippen LogP contribution >= 0.6 is 0 Å². The Hall–Kier alpha value is -2.85.